The third kappa shape index (κ3) is 4.20. The summed E-state index contributed by atoms with van der Waals surface area (Å²) in [7, 11) is 3.18. The van der Waals surface area contributed by atoms with Gasteiger partial charge in [-0.3, -0.25) is 10.2 Å². The first-order valence-corrected chi connectivity index (χ1v) is 8.79. The normalized spacial score (nSPS) is 20.1. The summed E-state index contributed by atoms with van der Waals surface area (Å²) in [5.41, 5.74) is 7.84. The summed E-state index contributed by atoms with van der Waals surface area (Å²) in [6.07, 6.45) is 0. The fourth-order valence-corrected chi connectivity index (χ4v) is 3.30. The highest BCUT2D eigenvalue weighted by atomic mass is 19.1. The molecule has 3 atom stereocenters. The lowest BCUT2D eigenvalue weighted by molar-refractivity contribution is -0.125. The molecule has 0 aromatic heterocycles. The molecule has 0 aliphatic carbocycles. The molecule has 3 unspecified atom stereocenters. The van der Waals surface area contributed by atoms with Gasteiger partial charge in [0.25, 0.3) is 0 Å². The Morgan fingerprint density at radius 2 is 1.93 bits per heavy atom. The minimum absolute atomic E-state index is 0.0906. The monoisotopic (exact) mass is 373 g/mol. The Morgan fingerprint density at radius 3 is 2.59 bits per heavy atom. The van der Waals surface area contributed by atoms with Crippen LogP contribution in [0.1, 0.15) is 30.1 Å². The van der Waals surface area contributed by atoms with Crippen LogP contribution in [-0.4, -0.2) is 26.7 Å². The third-order valence-corrected chi connectivity index (χ3v) is 4.81. The molecular weight excluding hydrogens is 349 g/mol. The van der Waals surface area contributed by atoms with Crippen LogP contribution in [0.15, 0.2) is 42.5 Å². The Labute approximate surface area is 158 Å². The van der Waals surface area contributed by atoms with Crippen molar-refractivity contribution in [2.45, 2.75) is 19.0 Å². The Hall–Kier alpha value is -2.64. The number of hydrogen-bond donors (Lipinski definition) is 3. The van der Waals surface area contributed by atoms with Crippen molar-refractivity contribution in [2.24, 2.45) is 5.92 Å². The van der Waals surface area contributed by atoms with Gasteiger partial charge in [-0.25, -0.2) is 9.82 Å². The van der Waals surface area contributed by atoms with Gasteiger partial charge in [0.1, 0.15) is 17.3 Å². The quantitative estimate of drug-likeness (QED) is 0.726. The van der Waals surface area contributed by atoms with Gasteiger partial charge in [0.2, 0.25) is 5.91 Å². The number of benzene rings is 2. The standard InChI is InChI=1S/C20H24FN3O3/c1-12(16-9-8-15(26-2)10-18(16)27-3)23-20(25)17-11-22-24-19(17)13-4-6-14(21)7-5-13/h4-10,12,17,19,22,24H,11H2,1-3H3,(H,23,25). The number of nitrogens with one attached hydrogen (secondary N) is 3. The maximum absolute atomic E-state index is 13.2. The lowest BCUT2D eigenvalue weighted by Crippen LogP contribution is -2.36. The van der Waals surface area contributed by atoms with E-state index < -0.39 is 0 Å². The summed E-state index contributed by atoms with van der Waals surface area (Å²) < 4.78 is 23.8. The second-order valence-corrected chi connectivity index (χ2v) is 6.50. The summed E-state index contributed by atoms with van der Waals surface area (Å²) >= 11 is 0. The van der Waals surface area contributed by atoms with Crippen LogP contribution in [0.4, 0.5) is 4.39 Å². The highest BCUT2D eigenvalue weighted by Gasteiger charge is 2.34. The molecule has 7 heteroatoms. The molecule has 0 saturated carbocycles. The molecule has 1 aliphatic rings. The Bertz CT molecular complexity index is 798. The predicted octanol–water partition coefficient (Wildman–Crippen LogP) is 2.49. The lowest BCUT2D eigenvalue weighted by Gasteiger charge is -2.22. The van der Waals surface area contributed by atoms with Crippen molar-refractivity contribution in [3.63, 3.8) is 0 Å². The largest absolute Gasteiger partial charge is 0.497 e. The van der Waals surface area contributed by atoms with Crippen LogP contribution in [0.5, 0.6) is 11.5 Å². The van der Waals surface area contributed by atoms with Crippen LogP contribution in [-0.2, 0) is 4.79 Å². The minimum atomic E-state index is -0.317. The van der Waals surface area contributed by atoms with Gasteiger partial charge >= 0.3 is 0 Å². The molecule has 2 aromatic carbocycles. The summed E-state index contributed by atoms with van der Waals surface area (Å²) in [6.45, 7) is 2.39. The molecule has 0 spiro atoms. The van der Waals surface area contributed by atoms with E-state index in [1.165, 1.54) is 12.1 Å². The molecule has 1 aliphatic heterocycles. The van der Waals surface area contributed by atoms with Crippen LogP contribution >= 0.6 is 0 Å². The van der Waals surface area contributed by atoms with Crippen LogP contribution in [0, 0.1) is 11.7 Å². The fourth-order valence-electron chi connectivity index (χ4n) is 3.30. The van der Waals surface area contributed by atoms with E-state index in [0.29, 0.717) is 18.0 Å². The van der Waals surface area contributed by atoms with Crippen molar-refractivity contribution >= 4 is 5.91 Å². The van der Waals surface area contributed by atoms with E-state index in [1.54, 1.807) is 32.4 Å². The predicted molar refractivity (Wildman–Crippen MR) is 99.9 cm³/mol. The molecule has 3 rings (SSSR count). The minimum Gasteiger partial charge on any atom is -0.497 e. The number of carbonyl (C=O) groups excluding carboxylic acids is 1. The highest BCUT2D eigenvalue weighted by molar-refractivity contribution is 5.80. The molecule has 1 amide bonds. The van der Waals surface area contributed by atoms with E-state index in [0.717, 1.165) is 11.1 Å². The zero-order valence-electron chi connectivity index (χ0n) is 15.6. The number of hydrazine groups is 1. The molecule has 27 heavy (non-hydrogen) atoms. The Kier molecular flexibility index (Phi) is 5.93. The molecule has 0 bridgehead atoms. The molecule has 0 radical (unpaired) electrons. The summed E-state index contributed by atoms with van der Waals surface area (Å²) in [4.78, 5) is 12.9. The first kappa shape index (κ1) is 19.1. The van der Waals surface area contributed by atoms with Crippen LogP contribution in [0.3, 0.4) is 0 Å². The molecular formula is C20H24FN3O3. The van der Waals surface area contributed by atoms with Gasteiger partial charge < -0.3 is 14.8 Å². The van der Waals surface area contributed by atoms with E-state index in [4.69, 9.17) is 9.47 Å². The van der Waals surface area contributed by atoms with E-state index in [9.17, 15) is 9.18 Å². The van der Waals surface area contributed by atoms with Crippen LogP contribution in [0.25, 0.3) is 0 Å². The average Bonchev–Trinajstić information content (AvgIpc) is 3.17. The van der Waals surface area contributed by atoms with Crippen LogP contribution in [0.2, 0.25) is 0 Å². The summed E-state index contributed by atoms with van der Waals surface area (Å²) in [5.74, 6) is 0.634. The Balaban J connectivity index is 1.73. The van der Waals surface area contributed by atoms with E-state index in [1.807, 2.05) is 19.1 Å². The van der Waals surface area contributed by atoms with Crippen LogP contribution < -0.4 is 25.6 Å². The van der Waals surface area contributed by atoms with Gasteiger partial charge in [-0.1, -0.05) is 12.1 Å². The zero-order chi connectivity index (χ0) is 19.4. The molecule has 1 heterocycles. The van der Waals surface area contributed by atoms with Crippen molar-refractivity contribution in [3.05, 3.63) is 59.4 Å². The van der Waals surface area contributed by atoms with Gasteiger partial charge in [0.15, 0.2) is 0 Å². The summed E-state index contributed by atoms with van der Waals surface area (Å²) in [5, 5.41) is 3.05. The average molecular weight is 373 g/mol. The number of rotatable bonds is 6. The molecule has 6 nitrogen and oxygen atoms in total. The van der Waals surface area contributed by atoms with Crippen molar-refractivity contribution in [3.8, 4) is 11.5 Å². The number of ether oxygens (including phenoxy) is 2. The van der Waals surface area contributed by atoms with Crippen molar-refractivity contribution < 1.29 is 18.7 Å². The second-order valence-electron chi connectivity index (χ2n) is 6.50. The molecule has 144 valence electrons. The van der Waals surface area contributed by atoms with E-state index in [-0.39, 0.29) is 29.7 Å². The fraction of sp³-hybridized carbons (Fsp3) is 0.350. The smallest absolute Gasteiger partial charge is 0.226 e. The lowest BCUT2D eigenvalue weighted by atomic mass is 9.93. The number of carbonyl (C=O) groups is 1. The first-order chi connectivity index (χ1) is 13.0. The van der Waals surface area contributed by atoms with Gasteiger partial charge in [-0.15, -0.1) is 0 Å². The van der Waals surface area contributed by atoms with Gasteiger partial charge in [0, 0.05) is 18.2 Å². The molecule has 3 N–H and O–H groups in total. The van der Waals surface area contributed by atoms with Crippen molar-refractivity contribution in [2.75, 3.05) is 20.8 Å². The number of halogens is 1. The number of hydrogen-bond acceptors (Lipinski definition) is 5. The van der Waals surface area contributed by atoms with Gasteiger partial charge in [0.05, 0.1) is 32.2 Å². The summed E-state index contributed by atoms with van der Waals surface area (Å²) in [6, 6.07) is 11.2. The second kappa shape index (κ2) is 8.37. The first-order valence-electron chi connectivity index (χ1n) is 8.79. The van der Waals surface area contributed by atoms with Crippen molar-refractivity contribution in [1.29, 1.82) is 0 Å². The number of amides is 1. The zero-order valence-corrected chi connectivity index (χ0v) is 15.6. The third-order valence-electron chi connectivity index (χ3n) is 4.81. The van der Waals surface area contributed by atoms with E-state index in [2.05, 4.69) is 16.2 Å². The maximum atomic E-state index is 13.2. The van der Waals surface area contributed by atoms with Gasteiger partial charge in [-0.2, -0.15) is 0 Å². The van der Waals surface area contributed by atoms with Gasteiger partial charge in [-0.05, 0) is 36.8 Å². The Morgan fingerprint density at radius 1 is 1.19 bits per heavy atom. The molecule has 1 fully saturated rings. The number of methoxy groups -OCH3 is 2. The van der Waals surface area contributed by atoms with E-state index >= 15 is 0 Å². The molecule has 1 saturated heterocycles. The SMILES string of the molecule is COc1ccc(C(C)NC(=O)C2CNNC2c2ccc(F)cc2)c(OC)c1. The highest BCUT2D eigenvalue weighted by Crippen LogP contribution is 2.31. The topological polar surface area (TPSA) is 71.6 Å². The maximum Gasteiger partial charge on any atom is 0.226 e. The van der Waals surface area contributed by atoms with Crippen molar-refractivity contribution in [1.82, 2.24) is 16.2 Å². The molecule has 2 aromatic rings.